The van der Waals surface area contributed by atoms with E-state index in [4.69, 9.17) is 16.3 Å². The average Bonchev–Trinajstić information content (AvgIpc) is 3.10. The van der Waals surface area contributed by atoms with Crippen LogP contribution in [0.25, 0.3) is 0 Å². The molecule has 2 N–H and O–H groups in total. The van der Waals surface area contributed by atoms with Crippen LogP contribution in [0.5, 0.6) is 5.75 Å². The van der Waals surface area contributed by atoms with Crippen LogP contribution < -0.4 is 9.46 Å². The van der Waals surface area contributed by atoms with Crippen LogP contribution >= 0.6 is 11.6 Å². The van der Waals surface area contributed by atoms with Gasteiger partial charge in [0.25, 0.3) is 10.0 Å². The van der Waals surface area contributed by atoms with Crippen LogP contribution in [0.3, 0.4) is 0 Å². The summed E-state index contributed by atoms with van der Waals surface area (Å²) in [6.07, 6.45) is 0. The third kappa shape index (κ3) is 5.01. The number of H-pyrrole nitrogens is 1. The van der Waals surface area contributed by atoms with Crippen molar-refractivity contribution in [2.45, 2.75) is 38.0 Å². The summed E-state index contributed by atoms with van der Waals surface area (Å²) in [5.41, 5.74) is 1.75. The SMILES string of the molecule is Cc1cc(C(=O)Oc2cc(Cl)ccc2NS(=O)(=O)c2ccc(C(C)(C)C)cc2)n[nH]1. The average molecular weight is 448 g/mol. The van der Waals surface area contributed by atoms with E-state index in [-0.39, 0.29) is 32.5 Å². The zero-order valence-electron chi connectivity index (χ0n) is 17.0. The van der Waals surface area contributed by atoms with Gasteiger partial charge in [-0.3, -0.25) is 9.82 Å². The molecule has 0 bridgehead atoms. The van der Waals surface area contributed by atoms with Gasteiger partial charge < -0.3 is 4.74 Å². The summed E-state index contributed by atoms with van der Waals surface area (Å²) >= 11 is 6.01. The van der Waals surface area contributed by atoms with Crippen molar-refractivity contribution in [2.24, 2.45) is 0 Å². The Morgan fingerprint density at radius 3 is 2.33 bits per heavy atom. The number of rotatable bonds is 5. The van der Waals surface area contributed by atoms with Crippen molar-refractivity contribution in [3.63, 3.8) is 0 Å². The molecule has 0 radical (unpaired) electrons. The minimum absolute atomic E-state index is 0.0250. The van der Waals surface area contributed by atoms with Crippen LogP contribution in [-0.4, -0.2) is 24.6 Å². The number of aromatic amines is 1. The number of nitrogens with one attached hydrogen (secondary N) is 2. The van der Waals surface area contributed by atoms with E-state index in [2.05, 4.69) is 14.9 Å². The number of carbonyl (C=O) groups excluding carboxylic acids is 1. The molecule has 0 aliphatic carbocycles. The monoisotopic (exact) mass is 447 g/mol. The van der Waals surface area contributed by atoms with Crippen molar-refractivity contribution in [3.8, 4) is 5.75 Å². The molecule has 7 nitrogen and oxygen atoms in total. The third-order valence-electron chi connectivity index (χ3n) is 4.34. The number of carbonyl (C=O) groups is 1. The van der Waals surface area contributed by atoms with E-state index < -0.39 is 16.0 Å². The maximum atomic E-state index is 12.9. The van der Waals surface area contributed by atoms with Crippen molar-refractivity contribution in [1.82, 2.24) is 10.2 Å². The summed E-state index contributed by atoms with van der Waals surface area (Å²) in [6.45, 7) is 7.88. The molecular weight excluding hydrogens is 426 g/mol. The fourth-order valence-corrected chi connectivity index (χ4v) is 3.91. The van der Waals surface area contributed by atoms with Gasteiger partial charge >= 0.3 is 5.97 Å². The molecule has 3 aromatic rings. The Labute approximate surface area is 180 Å². The standard InChI is InChI=1S/C21H22ClN3O4S/c1-13-11-18(24-23-13)20(26)29-19-12-15(22)7-10-17(19)25-30(27,28)16-8-5-14(6-9-16)21(2,3)4/h5-12,25H,1-4H3,(H,23,24). The Balaban J connectivity index is 1.88. The van der Waals surface area contributed by atoms with E-state index in [9.17, 15) is 13.2 Å². The van der Waals surface area contributed by atoms with Crippen LogP contribution in [0.4, 0.5) is 5.69 Å². The highest BCUT2D eigenvalue weighted by Gasteiger charge is 2.21. The third-order valence-corrected chi connectivity index (χ3v) is 5.95. The van der Waals surface area contributed by atoms with E-state index in [1.54, 1.807) is 19.1 Å². The molecule has 0 atom stereocenters. The molecular formula is C21H22ClN3O4S. The second kappa shape index (κ2) is 8.12. The van der Waals surface area contributed by atoms with Gasteiger partial charge in [0.1, 0.15) is 0 Å². The highest BCUT2D eigenvalue weighted by Crippen LogP contribution is 2.31. The molecule has 2 aromatic carbocycles. The number of anilines is 1. The lowest BCUT2D eigenvalue weighted by Gasteiger charge is -2.19. The van der Waals surface area contributed by atoms with Crippen LogP contribution in [0, 0.1) is 6.92 Å². The second-order valence-electron chi connectivity index (χ2n) is 7.85. The smallest absolute Gasteiger partial charge is 0.364 e. The van der Waals surface area contributed by atoms with Crippen LogP contribution in [-0.2, 0) is 15.4 Å². The second-order valence-corrected chi connectivity index (χ2v) is 9.96. The lowest BCUT2D eigenvalue weighted by atomic mass is 9.87. The number of ether oxygens (including phenoxy) is 1. The lowest BCUT2D eigenvalue weighted by molar-refractivity contribution is 0.0729. The van der Waals surface area contributed by atoms with Crippen LogP contribution in [0.15, 0.2) is 53.4 Å². The van der Waals surface area contributed by atoms with Gasteiger partial charge in [0, 0.05) is 16.8 Å². The van der Waals surface area contributed by atoms with Gasteiger partial charge in [0.2, 0.25) is 0 Å². The normalized spacial score (nSPS) is 11.9. The van der Waals surface area contributed by atoms with E-state index in [1.807, 2.05) is 20.8 Å². The molecule has 0 saturated heterocycles. The topological polar surface area (TPSA) is 101 Å². The zero-order chi connectivity index (χ0) is 22.1. The van der Waals surface area contributed by atoms with Crippen LogP contribution in [0.2, 0.25) is 5.02 Å². The first kappa shape index (κ1) is 21.9. The minimum atomic E-state index is -3.91. The van der Waals surface area contributed by atoms with E-state index >= 15 is 0 Å². The summed E-state index contributed by atoms with van der Waals surface area (Å²) in [7, 11) is -3.91. The molecule has 0 fully saturated rings. The summed E-state index contributed by atoms with van der Waals surface area (Å²) in [5, 5.41) is 6.78. The number of hydrogen-bond acceptors (Lipinski definition) is 5. The highest BCUT2D eigenvalue weighted by atomic mass is 35.5. The zero-order valence-corrected chi connectivity index (χ0v) is 18.6. The first-order valence-electron chi connectivity index (χ1n) is 9.13. The van der Waals surface area contributed by atoms with Gasteiger partial charge in [0.15, 0.2) is 11.4 Å². The Morgan fingerprint density at radius 2 is 1.77 bits per heavy atom. The first-order chi connectivity index (χ1) is 14.0. The van der Waals surface area contributed by atoms with Gasteiger partial charge in [-0.15, -0.1) is 0 Å². The van der Waals surface area contributed by atoms with Gasteiger partial charge in [-0.1, -0.05) is 44.5 Å². The number of aromatic nitrogens is 2. The molecule has 0 amide bonds. The molecule has 0 aliphatic heterocycles. The van der Waals surface area contributed by atoms with Gasteiger partial charge in [-0.25, -0.2) is 13.2 Å². The highest BCUT2D eigenvalue weighted by molar-refractivity contribution is 7.92. The molecule has 0 aliphatic rings. The fraction of sp³-hybridized carbons (Fsp3) is 0.238. The van der Waals surface area contributed by atoms with Crippen molar-refractivity contribution >= 4 is 33.3 Å². The van der Waals surface area contributed by atoms with Crippen molar-refractivity contribution in [2.75, 3.05) is 4.72 Å². The molecule has 0 unspecified atom stereocenters. The summed E-state index contributed by atoms with van der Waals surface area (Å²) in [4.78, 5) is 12.4. The van der Waals surface area contributed by atoms with Crippen LogP contribution in [0.1, 0.15) is 42.5 Å². The number of nitrogens with zero attached hydrogens (tertiary/aromatic N) is 1. The Bertz CT molecular complexity index is 1180. The molecule has 158 valence electrons. The minimum Gasteiger partial charge on any atom is -0.419 e. The van der Waals surface area contributed by atoms with Crippen molar-refractivity contribution in [3.05, 3.63) is 70.5 Å². The molecule has 30 heavy (non-hydrogen) atoms. The van der Waals surface area contributed by atoms with E-state index in [1.165, 1.54) is 36.4 Å². The summed E-state index contributed by atoms with van der Waals surface area (Å²) < 4.78 is 33.5. The largest absolute Gasteiger partial charge is 0.419 e. The Morgan fingerprint density at radius 1 is 1.10 bits per heavy atom. The summed E-state index contributed by atoms with van der Waals surface area (Å²) in [5.74, 6) is -0.764. The lowest BCUT2D eigenvalue weighted by Crippen LogP contribution is -2.16. The number of halogens is 1. The maximum Gasteiger partial charge on any atom is 0.364 e. The van der Waals surface area contributed by atoms with Gasteiger partial charge in [-0.05, 0) is 48.2 Å². The fourth-order valence-electron chi connectivity index (χ4n) is 2.68. The maximum absolute atomic E-state index is 12.9. The van der Waals surface area contributed by atoms with Gasteiger partial charge in [-0.2, -0.15) is 5.10 Å². The molecule has 3 rings (SSSR count). The van der Waals surface area contributed by atoms with Crippen molar-refractivity contribution < 1.29 is 17.9 Å². The number of sulfonamides is 1. The number of esters is 1. The van der Waals surface area contributed by atoms with Crippen molar-refractivity contribution in [1.29, 1.82) is 0 Å². The van der Waals surface area contributed by atoms with E-state index in [0.717, 1.165) is 5.56 Å². The first-order valence-corrected chi connectivity index (χ1v) is 11.0. The molecule has 9 heteroatoms. The Kier molecular flexibility index (Phi) is 5.92. The summed E-state index contributed by atoms with van der Waals surface area (Å²) in [6, 6.07) is 12.4. The quantitative estimate of drug-likeness (QED) is 0.436. The Hall–Kier alpha value is -2.84. The number of aryl methyl sites for hydroxylation is 1. The molecule has 0 spiro atoms. The van der Waals surface area contributed by atoms with E-state index in [0.29, 0.717) is 5.69 Å². The predicted octanol–water partition coefficient (Wildman–Crippen LogP) is 4.69. The molecule has 0 saturated carbocycles. The predicted molar refractivity (Wildman–Crippen MR) is 116 cm³/mol. The number of hydrogen-bond donors (Lipinski definition) is 2. The number of benzene rings is 2. The molecule has 1 heterocycles. The molecule has 1 aromatic heterocycles. The van der Waals surface area contributed by atoms with Gasteiger partial charge in [0.05, 0.1) is 10.6 Å².